The number of hydrogen-bond acceptors (Lipinski definition) is 6. The maximum absolute atomic E-state index is 13.4. The number of benzene rings is 2. The molecule has 28 heavy (non-hydrogen) atoms. The Morgan fingerprint density at radius 1 is 1.29 bits per heavy atom. The molecule has 0 aliphatic carbocycles. The maximum Gasteiger partial charge on any atom is 0.270 e. The van der Waals surface area contributed by atoms with Crippen LogP contribution in [0.4, 0.5) is 10.1 Å². The zero-order valence-corrected chi connectivity index (χ0v) is 14.2. The van der Waals surface area contributed by atoms with Crippen molar-refractivity contribution in [2.75, 3.05) is 0 Å². The summed E-state index contributed by atoms with van der Waals surface area (Å²) in [5.41, 5.74) is 8.00. The van der Waals surface area contributed by atoms with Crippen LogP contribution < -0.4 is 10.5 Å². The van der Waals surface area contributed by atoms with E-state index in [0.29, 0.717) is 22.4 Å². The number of nitro benzene ring substituents is 1. The summed E-state index contributed by atoms with van der Waals surface area (Å²) < 4.78 is 18.9. The van der Waals surface area contributed by atoms with Gasteiger partial charge in [-0.15, -0.1) is 5.10 Å². The summed E-state index contributed by atoms with van der Waals surface area (Å²) in [6, 6.07) is 13.7. The molecule has 2 aromatic carbocycles. The van der Waals surface area contributed by atoms with Gasteiger partial charge in [0.2, 0.25) is 11.8 Å². The van der Waals surface area contributed by atoms with Gasteiger partial charge in [0.05, 0.1) is 22.1 Å². The number of nitrogens with two attached hydrogens (primary N) is 1. The van der Waals surface area contributed by atoms with Crippen molar-refractivity contribution in [3.8, 4) is 23.2 Å². The van der Waals surface area contributed by atoms with Crippen molar-refractivity contribution in [1.29, 1.82) is 5.26 Å². The van der Waals surface area contributed by atoms with Crippen LogP contribution in [0.25, 0.3) is 11.3 Å². The van der Waals surface area contributed by atoms with E-state index in [4.69, 9.17) is 10.5 Å². The lowest BCUT2D eigenvalue weighted by Crippen LogP contribution is -2.21. The quantitative estimate of drug-likeness (QED) is 0.532. The van der Waals surface area contributed by atoms with Crippen LogP contribution in [0.2, 0.25) is 0 Å². The first kappa shape index (κ1) is 17.2. The molecule has 0 saturated heterocycles. The van der Waals surface area contributed by atoms with Gasteiger partial charge in [0.25, 0.3) is 5.69 Å². The van der Waals surface area contributed by atoms with E-state index in [9.17, 15) is 19.8 Å². The molecule has 4 rings (SSSR count). The fourth-order valence-electron chi connectivity index (χ4n) is 3.23. The van der Waals surface area contributed by atoms with Crippen LogP contribution >= 0.6 is 0 Å². The van der Waals surface area contributed by atoms with Crippen molar-refractivity contribution in [2.24, 2.45) is 5.73 Å². The molecule has 3 aromatic rings. The number of aromatic amines is 1. The predicted octanol–water partition coefficient (Wildman–Crippen LogP) is 3.34. The van der Waals surface area contributed by atoms with Crippen molar-refractivity contribution >= 4 is 5.69 Å². The van der Waals surface area contributed by atoms with Crippen molar-refractivity contribution in [3.05, 3.63) is 87.0 Å². The van der Waals surface area contributed by atoms with E-state index in [2.05, 4.69) is 10.2 Å². The average molecular weight is 377 g/mol. The SMILES string of the molecule is N#CC1=C(N)Oc2n[nH]c(-c3cccc([N+](=O)[O-])c3)c2C1c1ccc(F)cc1. The highest BCUT2D eigenvalue weighted by Crippen LogP contribution is 2.45. The third-order valence-corrected chi connectivity index (χ3v) is 4.49. The fraction of sp³-hybridized carbons (Fsp3) is 0.0526. The number of aromatic nitrogens is 2. The van der Waals surface area contributed by atoms with Gasteiger partial charge in [0.15, 0.2) is 0 Å². The molecule has 0 radical (unpaired) electrons. The van der Waals surface area contributed by atoms with E-state index >= 15 is 0 Å². The number of ether oxygens (including phenoxy) is 1. The zero-order chi connectivity index (χ0) is 19.8. The Morgan fingerprint density at radius 3 is 2.71 bits per heavy atom. The van der Waals surface area contributed by atoms with Gasteiger partial charge in [-0.05, 0) is 17.7 Å². The van der Waals surface area contributed by atoms with Crippen molar-refractivity contribution in [1.82, 2.24) is 10.2 Å². The zero-order valence-electron chi connectivity index (χ0n) is 14.2. The molecule has 0 amide bonds. The molecule has 1 unspecified atom stereocenters. The van der Waals surface area contributed by atoms with Gasteiger partial charge < -0.3 is 10.5 Å². The van der Waals surface area contributed by atoms with Crippen molar-refractivity contribution in [3.63, 3.8) is 0 Å². The average Bonchev–Trinajstić information content (AvgIpc) is 3.11. The van der Waals surface area contributed by atoms with Gasteiger partial charge in [-0.3, -0.25) is 15.2 Å². The Morgan fingerprint density at radius 2 is 2.04 bits per heavy atom. The maximum atomic E-state index is 13.4. The number of allylic oxidation sites excluding steroid dienone is 1. The molecule has 3 N–H and O–H groups in total. The number of non-ortho nitro benzene ring substituents is 1. The topological polar surface area (TPSA) is 131 Å². The normalized spacial score (nSPS) is 15.5. The molecule has 9 heteroatoms. The molecule has 0 saturated carbocycles. The van der Waals surface area contributed by atoms with Gasteiger partial charge in [0, 0.05) is 17.7 Å². The number of halogens is 1. The minimum Gasteiger partial charge on any atom is -0.420 e. The Hall–Kier alpha value is -4.19. The minimum absolute atomic E-state index is 0.0912. The second kappa shape index (κ2) is 6.51. The first-order valence-corrected chi connectivity index (χ1v) is 8.15. The molecule has 8 nitrogen and oxygen atoms in total. The Balaban J connectivity index is 1.93. The molecular weight excluding hydrogens is 365 g/mol. The summed E-state index contributed by atoms with van der Waals surface area (Å²) in [5.74, 6) is -1.02. The van der Waals surface area contributed by atoms with E-state index < -0.39 is 16.7 Å². The highest BCUT2D eigenvalue weighted by atomic mass is 19.1. The first-order chi connectivity index (χ1) is 13.5. The lowest BCUT2D eigenvalue weighted by atomic mass is 9.83. The lowest BCUT2D eigenvalue weighted by molar-refractivity contribution is -0.384. The third kappa shape index (κ3) is 2.73. The third-order valence-electron chi connectivity index (χ3n) is 4.49. The molecule has 0 fully saturated rings. The van der Waals surface area contributed by atoms with Gasteiger partial charge in [0.1, 0.15) is 17.5 Å². The number of nitrogens with one attached hydrogen (secondary N) is 1. The number of nitrogens with zero attached hydrogens (tertiary/aromatic N) is 3. The number of fused-ring (bicyclic) bond motifs is 1. The molecule has 0 spiro atoms. The number of nitro groups is 1. The summed E-state index contributed by atoms with van der Waals surface area (Å²) >= 11 is 0. The number of rotatable bonds is 3. The van der Waals surface area contributed by atoms with E-state index in [0.717, 1.165) is 0 Å². The molecule has 138 valence electrons. The highest BCUT2D eigenvalue weighted by molar-refractivity contribution is 5.72. The summed E-state index contributed by atoms with van der Waals surface area (Å²) in [7, 11) is 0. The van der Waals surface area contributed by atoms with E-state index in [1.807, 2.05) is 6.07 Å². The number of nitriles is 1. The van der Waals surface area contributed by atoms with E-state index in [-0.39, 0.29) is 23.0 Å². The van der Waals surface area contributed by atoms with Crippen molar-refractivity contribution < 1.29 is 14.1 Å². The second-order valence-electron chi connectivity index (χ2n) is 6.10. The lowest BCUT2D eigenvalue weighted by Gasteiger charge is -2.24. The highest BCUT2D eigenvalue weighted by Gasteiger charge is 2.35. The largest absolute Gasteiger partial charge is 0.420 e. The molecule has 0 bridgehead atoms. The van der Waals surface area contributed by atoms with Crippen LogP contribution in [0.3, 0.4) is 0 Å². The second-order valence-corrected chi connectivity index (χ2v) is 6.10. The van der Waals surface area contributed by atoms with Gasteiger partial charge in [-0.25, -0.2) is 4.39 Å². The molecule has 1 aromatic heterocycles. The molecule has 1 atom stereocenters. The van der Waals surface area contributed by atoms with E-state index in [1.165, 1.54) is 24.3 Å². The van der Waals surface area contributed by atoms with Crippen molar-refractivity contribution in [2.45, 2.75) is 5.92 Å². The van der Waals surface area contributed by atoms with Crippen LogP contribution in [0.1, 0.15) is 17.0 Å². The molecule has 2 heterocycles. The summed E-state index contributed by atoms with van der Waals surface area (Å²) in [5, 5.41) is 27.7. The standard InChI is InChI=1S/C19H12FN5O3/c20-12-6-4-10(5-7-12)15-14(9-21)18(22)28-19-16(15)17(23-24-19)11-2-1-3-13(8-11)25(26)27/h1-8,15H,22H2,(H,23,24). The summed E-state index contributed by atoms with van der Waals surface area (Å²) in [6.07, 6.45) is 0. The molecule has 1 aliphatic rings. The van der Waals surface area contributed by atoms with Crippen LogP contribution in [0.5, 0.6) is 5.88 Å². The van der Waals surface area contributed by atoms with Crippen LogP contribution in [0, 0.1) is 27.3 Å². The smallest absolute Gasteiger partial charge is 0.270 e. The summed E-state index contributed by atoms with van der Waals surface area (Å²) in [6.45, 7) is 0. The predicted molar refractivity (Wildman–Crippen MR) is 96.4 cm³/mol. The van der Waals surface area contributed by atoms with Crippen LogP contribution in [0.15, 0.2) is 60.0 Å². The van der Waals surface area contributed by atoms with E-state index in [1.54, 1.807) is 24.3 Å². The van der Waals surface area contributed by atoms with Crippen LogP contribution in [-0.2, 0) is 0 Å². The molecular formula is C19H12FN5O3. The monoisotopic (exact) mass is 377 g/mol. The first-order valence-electron chi connectivity index (χ1n) is 8.15. The Kier molecular flexibility index (Phi) is 4.01. The van der Waals surface area contributed by atoms with Crippen LogP contribution in [-0.4, -0.2) is 15.1 Å². The van der Waals surface area contributed by atoms with Gasteiger partial charge in [-0.1, -0.05) is 24.3 Å². The number of hydrogen-bond donors (Lipinski definition) is 2. The Labute approximate surface area is 157 Å². The number of H-pyrrole nitrogens is 1. The summed E-state index contributed by atoms with van der Waals surface area (Å²) in [4.78, 5) is 10.6. The van der Waals surface area contributed by atoms with Gasteiger partial charge in [-0.2, -0.15) is 5.26 Å². The fourth-order valence-corrected chi connectivity index (χ4v) is 3.23. The molecule has 1 aliphatic heterocycles. The Bertz CT molecular complexity index is 1160. The van der Waals surface area contributed by atoms with Gasteiger partial charge >= 0.3 is 0 Å². The minimum atomic E-state index is -0.664.